The molecule has 0 aromatic carbocycles. The molecule has 2 fully saturated rings. The number of nitrogens with two attached hydrogens (primary N) is 1. The normalized spacial score (nSPS) is 26.4. The molecule has 2 heterocycles. The summed E-state index contributed by atoms with van der Waals surface area (Å²) in [7, 11) is 0. The third-order valence-electron chi connectivity index (χ3n) is 4.41. The molecule has 2 N–H and O–H groups in total. The second-order valence-corrected chi connectivity index (χ2v) is 6.04. The van der Waals surface area contributed by atoms with Crippen LogP contribution in [0.15, 0.2) is 0 Å². The number of primary amides is 1. The lowest BCUT2D eigenvalue weighted by molar-refractivity contribution is -0.136. The van der Waals surface area contributed by atoms with E-state index in [0.717, 1.165) is 38.4 Å². The Kier molecular flexibility index (Phi) is 4.80. The van der Waals surface area contributed by atoms with Crippen LogP contribution in [0.5, 0.6) is 0 Å². The van der Waals surface area contributed by atoms with E-state index in [0.29, 0.717) is 13.1 Å². The lowest BCUT2D eigenvalue weighted by Gasteiger charge is -2.35. The van der Waals surface area contributed by atoms with Gasteiger partial charge in [0.1, 0.15) is 0 Å². The van der Waals surface area contributed by atoms with Crippen LogP contribution in [0.1, 0.15) is 32.6 Å². The Morgan fingerprint density at radius 2 is 1.84 bits per heavy atom. The van der Waals surface area contributed by atoms with Gasteiger partial charge in [0.05, 0.1) is 12.5 Å². The molecule has 0 radical (unpaired) electrons. The highest BCUT2D eigenvalue weighted by Crippen LogP contribution is 2.18. The molecule has 2 aliphatic heterocycles. The van der Waals surface area contributed by atoms with E-state index in [4.69, 9.17) is 5.73 Å². The van der Waals surface area contributed by atoms with Crippen LogP contribution in [0.4, 0.5) is 0 Å². The second kappa shape index (κ2) is 6.37. The van der Waals surface area contributed by atoms with Crippen molar-refractivity contribution in [2.24, 2.45) is 17.6 Å². The molecule has 2 rings (SSSR count). The zero-order valence-corrected chi connectivity index (χ0v) is 11.8. The zero-order chi connectivity index (χ0) is 13.8. The number of piperidine rings is 2. The fourth-order valence-electron chi connectivity index (χ4n) is 2.95. The molecule has 0 aliphatic carbocycles. The highest BCUT2D eigenvalue weighted by molar-refractivity contribution is 5.81. The predicted molar refractivity (Wildman–Crippen MR) is 73.3 cm³/mol. The maximum absolute atomic E-state index is 12.2. The fourth-order valence-corrected chi connectivity index (χ4v) is 2.95. The van der Waals surface area contributed by atoms with E-state index in [1.807, 2.05) is 4.90 Å². The number of carbonyl (C=O) groups excluding carboxylic acids is 2. The third kappa shape index (κ3) is 3.93. The van der Waals surface area contributed by atoms with E-state index >= 15 is 0 Å². The predicted octanol–water partition coefficient (Wildman–Crippen LogP) is 0.442. The van der Waals surface area contributed by atoms with Gasteiger partial charge < -0.3 is 10.6 Å². The average molecular weight is 267 g/mol. The zero-order valence-electron chi connectivity index (χ0n) is 11.8. The summed E-state index contributed by atoms with van der Waals surface area (Å²) >= 11 is 0. The first-order valence-electron chi connectivity index (χ1n) is 7.35. The first kappa shape index (κ1) is 14.3. The van der Waals surface area contributed by atoms with Crippen molar-refractivity contribution in [3.63, 3.8) is 0 Å². The highest BCUT2D eigenvalue weighted by Gasteiger charge is 2.28. The molecular weight excluding hydrogens is 242 g/mol. The van der Waals surface area contributed by atoms with E-state index in [2.05, 4.69) is 11.8 Å². The molecule has 19 heavy (non-hydrogen) atoms. The van der Waals surface area contributed by atoms with Gasteiger partial charge in [-0.15, -0.1) is 0 Å². The molecule has 5 nitrogen and oxygen atoms in total. The largest absolute Gasteiger partial charge is 0.369 e. The van der Waals surface area contributed by atoms with Crippen LogP contribution in [0.3, 0.4) is 0 Å². The molecule has 2 amide bonds. The minimum atomic E-state index is -0.274. The monoisotopic (exact) mass is 267 g/mol. The van der Waals surface area contributed by atoms with Crippen molar-refractivity contribution in [2.75, 3.05) is 32.7 Å². The molecule has 0 bridgehead atoms. The summed E-state index contributed by atoms with van der Waals surface area (Å²) in [4.78, 5) is 27.5. The average Bonchev–Trinajstić information content (AvgIpc) is 2.41. The Labute approximate surface area is 115 Å². The van der Waals surface area contributed by atoms with Gasteiger partial charge in [0.25, 0.3) is 0 Å². The quantitative estimate of drug-likeness (QED) is 0.807. The van der Waals surface area contributed by atoms with Crippen molar-refractivity contribution in [3.05, 3.63) is 0 Å². The van der Waals surface area contributed by atoms with Gasteiger partial charge in [0, 0.05) is 13.1 Å². The summed E-state index contributed by atoms with van der Waals surface area (Å²) in [6.45, 7) is 6.07. The molecule has 108 valence electrons. The molecule has 0 aromatic rings. The molecule has 0 spiro atoms. The van der Waals surface area contributed by atoms with Gasteiger partial charge in [0.2, 0.25) is 11.8 Å². The summed E-state index contributed by atoms with van der Waals surface area (Å²) in [5.41, 5.74) is 5.34. The summed E-state index contributed by atoms with van der Waals surface area (Å²) in [6.07, 6.45) is 4.06. The van der Waals surface area contributed by atoms with Crippen LogP contribution in [-0.4, -0.2) is 54.3 Å². The van der Waals surface area contributed by atoms with Gasteiger partial charge in [0.15, 0.2) is 0 Å². The smallest absolute Gasteiger partial charge is 0.236 e. The molecule has 2 aliphatic rings. The lowest BCUT2D eigenvalue weighted by atomic mass is 9.97. The fraction of sp³-hybridized carbons (Fsp3) is 0.857. The standard InChI is InChI=1S/C14H25N3O2/c1-11-4-7-16(8-5-11)10-13(18)17-6-2-3-12(9-17)14(15)19/h11-12H,2-10H2,1H3,(H2,15,19). The lowest BCUT2D eigenvalue weighted by Crippen LogP contribution is -2.48. The molecule has 0 aromatic heterocycles. The highest BCUT2D eigenvalue weighted by atomic mass is 16.2. The Balaban J connectivity index is 1.80. The van der Waals surface area contributed by atoms with E-state index in [9.17, 15) is 9.59 Å². The number of carbonyl (C=O) groups is 2. The van der Waals surface area contributed by atoms with E-state index in [1.54, 1.807) is 0 Å². The Hall–Kier alpha value is -1.10. The van der Waals surface area contributed by atoms with Gasteiger partial charge in [-0.1, -0.05) is 6.92 Å². The number of hydrogen-bond donors (Lipinski definition) is 1. The Morgan fingerprint density at radius 3 is 2.47 bits per heavy atom. The third-order valence-corrected chi connectivity index (χ3v) is 4.41. The minimum Gasteiger partial charge on any atom is -0.369 e. The van der Waals surface area contributed by atoms with Gasteiger partial charge in [-0.25, -0.2) is 0 Å². The SMILES string of the molecule is CC1CCN(CC(=O)N2CCCC(C(N)=O)C2)CC1. The van der Waals surface area contributed by atoms with Crippen molar-refractivity contribution in [2.45, 2.75) is 32.6 Å². The van der Waals surface area contributed by atoms with Gasteiger partial charge in [-0.05, 0) is 44.7 Å². The van der Waals surface area contributed by atoms with Crippen molar-refractivity contribution < 1.29 is 9.59 Å². The van der Waals surface area contributed by atoms with Crippen LogP contribution in [0.2, 0.25) is 0 Å². The van der Waals surface area contributed by atoms with E-state index in [1.165, 1.54) is 12.8 Å². The number of rotatable bonds is 3. The first-order valence-corrected chi connectivity index (χ1v) is 7.35. The summed E-state index contributed by atoms with van der Waals surface area (Å²) in [6, 6.07) is 0. The van der Waals surface area contributed by atoms with Crippen molar-refractivity contribution in [1.29, 1.82) is 0 Å². The Morgan fingerprint density at radius 1 is 1.16 bits per heavy atom. The number of hydrogen-bond acceptors (Lipinski definition) is 3. The maximum Gasteiger partial charge on any atom is 0.236 e. The second-order valence-electron chi connectivity index (χ2n) is 6.04. The molecule has 5 heteroatoms. The van der Waals surface area contributed by atoms with Gasteiger partial charge in [-0.3, -0.25) is 14.5 Å². The van der Waals surface area contributed by atoms with Crippen LogP contribution in [0, 0.1) is 11.8 Å². The van der Waals surface area contributed by atoms with E-state index in [-0.39, 0.29) is 17.7 Å². The number of amides is 2. The van der Waals surface area contributed by atoms with Crippen molar-refractivity contribution in [1.82, 2.24) is 9.80 Å². The van der Waals surface area contributed by atoms with Crippen LogP contribution in [0.25, 0.3) is 0 Å². The Bertz CT molecular complexity index is 338. The van der Waals surface area contributed by atoms with Crippen LogP contribution >= 0.6 is 0 Å². The molecule has 0 saturated carbocycles. The minimum absolute atomic E-state index is 0.153. The number of nitrogens with zero attached hydrogens (tertiary/aromatic N) is 2. The summed E-state index contributed by atoms with van der Waals surface area (Å²) in [5, 5.41) is 0. The van der Waals surface area contributed by atoms with Crippen LogP contribution in [-0.2, 0) is 9.59 Å². The maximum atomic E-state index is 12.2. The molecule has 1 atom stereocenters. The number of likely N-dealkylation sites (tertiary alicyclic amines) is 2. The van der Waals surface area contributed by atoms with E-state index < -0.39 is 0 Å². The first-order chi connectivity index (χ1) is 9.06. The summed E-state index contributed by atoms with van der Waals surface area (Å²) < 4.78 is 0. The van der Waals surface area contributed by atoms with Gasteiger partial charge >= 0.3 is 0 Å². The van der Waals surface area contributed by atoms with Gasteiger partial charge in [-0.2, -0.15) is 0 Å². The molecule has 2 saturated heterocycles. The molecular formula is C14H25N3O2. The van der Waals surface area contributed by atoms with Crippen LogP contribution < -0.4 is 5.73 Å². The van der Waals surface area contributed by atoms with Crippen molar-refractivity contribution >= 4 is 11.8 Å². The summed E-state index contributed by atoms with van der Waals surface area (Å²) in [5.74, 6) is 0.504. The molecule has 1 unspecified atom stereocenters. The topological polar surface area (TPSA) is 66.6 Å². The van der Waals surface area contributed by atoms with Crippen molar-refractivity contribution in [3.8, 4) is 0 Å².